The Balaban J connectivity index is 0.000000129. The molecule has 8 amide bonds. The number of fused-ring (bicyclic) bond motifs is 4. The Morgan fingerprint density at radius 2 is 0.802 bits per heavy atom. The summed E-state index contributed by atoms with van der Waals surface area (Å²) < 4.78 is 16.9. The number of hydrogen-bond donors (Lipinski definition) is 2. The first-order valence-corrected chi connectivity index (χ1v) is 48.4. The zero-order valence-electron chi connectivity index (χ0n) is 78.0. The monoisotopic (exact) mass is 1810 g/mol. The topological polar surface area (TPSA) is 248 Å². The smallest absolute Gasteiger partial charge is 0.348 e. The van der Waals surface area contributed by atoms with Crippen LogP contribution in [0.3, 0.4) is 0 Å². The molecule has 12 fully saturated rings. The zero-order valence-corrected chi connectivity index (χ0v) is 79.7. The molecule has 8 heterocycles. The maximum Gasteiger partial charge on any atom is 0.348 e. The van der Waals surface area contributed by atoms with Gasteiger partial charge in [-0.3, -0.25) is 48.4 Å². The van der Waals surface area contributed by atoms with Crippen LogP contribution in [-0.4, -0.2) is 149 Å². The number of barbiturate groups is 1. The van der Waals surface area contributed by atoms with Crippen molar-refractivity contribution in [1.29, 1.82) is 0 Å². The van der Waals surface area contributed by atoms with E-state index in [2.05, 4.69) is 153 Å². The van der Waals surface area contributed by atoms with Gasteiger partial charge in [-0.1, -0.05) is 172 Å². The number of nitrogens with one attached hydrogen (secondary N) is 2. The van der Waals surface area contributed by atoms with Crippen molar-refractivity contribution in [2.45, 2.75) is 218 Å². The van der Waals surface area contributed by atoms with Gasteiger partial charge >= 0.3 is 23.9 Å². The van der Waals surface area contributed by atoms with Gasteiger partial charge < -0.3 is 44.4 Å². The molecule has 131 heavy (non-hydrogen) atoms. The van der Waals surface area contributed by atoms with Crippen molar-refractivity contribution >= 4 is 111 Å². The van der Waals surface area contributed by atoms with Crippen molar-refractivity contribution in [2.75, 3.05) is 73.5 Å². The molecule has 5 aromatic carbocycles. The molecule has 2 N–H and O–H groups in total. The Hall–Kier alpha value is -11.4. The third-order valence-electron chi connectivity index (χ3n) is 30.0. The summed E-state index contributed by atoms with van der Waals surface area (Å²) in [5.74, 6) is -0.926. The van der Waals surface area contributed by atoms with Crippen LogP contribution >= 0.6 is 24.0 Å². The molecule has 0 unspecified atom stereocenters. The number of allylic oxidation sites excluding steroid dienone is 11. The van der Waals surface area contributed by atoms with E-state index in [-0.39, 0.29) is 85.1 Å². The molecule has 8 bridgehead atoms. The first-order valence-electron chi connectivity index (χ1n) is 47.2. The number of urea groups is 1. The minimum absolute atomic E-state index is 0.000650. The SMILES string of the molecule is CCCCN1/C(=C/C=C2C(=O)N(C)C(=O)N(C)C2=O)C(C)(C)c2ccccc21.CCCCN1/C(=C/C=C2C(=O)N(CC)C(=S)N(CC)C2=O)C(C)(C)c2ccccc21.CCCCN1/C(=C/C=C2C(=O)NC3(NC2=O)C2CC4CC(C2)CC3C4)C(C)(C)c2ccccc21.COC(=O)c1ccc(CN2/C(=C/C=C3C(=O)OC4(OC3=O)C3CC5CC(C3)CC4C5)Sc3ccccc32)cc1. The predicted octanol–water partition coefficient (Wildman–Crippen LogP) is 18.2. The van der Waals surface area contributed by atoms with Crippen LogP contribution < -0.4 is 30.2 Å². The van der Waals surface area contributed by atoms with Crippen molar-refractivity contribution < 1.29 is 62.2 Å². The highest BCUT2D eigenvalue weighted by molar-refractivity contribution is 8.03. The van der Waals surface area contributed by atoms with E-state index in [9.17, 15) is 47.9 Å². The molecule has 0 aromatic heterocycles. The summed E-state index contributed by atoms with van der Waals surface area (Å²) in [4.78, 5) is 143. The van der Waals surface area contributed by atoms with Crippen LogP contribution in [0.1, 0.15) is 212 Å². The number of benzene rings is 5. The van der Waals surface area contributed by atoms with E-state index in [0.717, 1.165) is 175 Å². The Morgan fingerprint density at radius 1 is 0.435 bits per heavy atom. The molecule has 23 nitrogen and oxygen atoms in total. The second kappa shape index (κ2) is 37.3. The van der Waals surface area contributed by atoms with Crippen molar-refractivity contribution in [1.82, 2.24) is 30.2 Å². The van der Waals surface area contributed by atoms with E-state index in [1.54, 1.807) is 48.2 Å². The number of hydrogen-bond acceptors (Lipinski definition) is 19. The summed E-state index contributed by atoms with van der Waals surface area (Å²) in [6.45, 7) is 27.5. The Labute approximate surface area is 779 Å². The minimum Gasteiger partial charge on any atom is -0.465 e. The molecule has 688 valence electrons. The fourth-order valence-corrected chi connectivity index (χ4v) is 25.0. The predicted molar refractivity (Wildman–Crippen MR) is 512 cm³/mol. The largest absolute Gasteiger partial charge is 0.465 e. The molecule has 0 radical (unpaired) electrons. The van der Waals surface area contributed by atoms with Crippen LogP contribution in [0.2, 0.25) is 0 Å². The lowest BCUT2D eigenvalue weighted by Crippen LogP contribution is -2.76. The third-order valence-corrected chi connectivity index (χ3v) is 31.6. The second-order valence-corrected chi connectivity index (χ2v) is 40.5. The van der Waals surface area contributed by atoms with Crippen molar-refractivity contribution in [2.24, 2.45) is 47.3 Å². The number of anilines is 4. The Morgan fingerprint density at radius 3 is 1.20 bits per heavy atom. The van der Waals surface area contributed by atoms with Crippen LogP contribution in [0.15, 0.2) is 219 Å². The number of amides is 8. The zero-order chi connectivity index (χ0) is 93.1. The average molecular weight is 1810 g/mol. The van der Waals surface area contributed by atoms with E-state index >= 15 is 0 Å². The van der Waals surface area contributed by atoms with Crippen molar-refractivity contribution in [3.63, 3.8) is 0 Å². The lowest BCUT2D eigenvalue weighted by atomic mass is 9.51. The van der Waals surface area contributed by atoms with E-state index in [1.807, 2.05) is 80.6 Å². The standard InChI is InChI=1S/C31H29NO6S.C29H37N3O2.C24H31N3O2S.C22H27N3O3/c1-36-28(33)21-8-6-18(7-9-21)17-32-25-4-2-3-5-26(25)39-27(32)11-10-24-29(34)37-31(38-30(24)35)22-13-19-12-20(15-22)16-23(31)14-19;1-4-5-12-32-24-9-7-6-8-23(24)28(2,3)25(32)11-10-22-26(33)30-29(31-27(22)34)20-14-18-13-19(16-20)17-21(29)15-18;1-6-9-16-27-19-13-11-10-12-18(19)24(4,5)20(27)15-14-17-21(28)25(7-2)23(30)26(8-3)22(17)29;1-6-7-14-25-17-11-9-8-10-16(17)22(2,3)18(25)13-12-15-19(26)23(4)21(28)24(5)20(15)27/h2-11,19-20,22-23H,12-17H2,1H3;6-11,18-21H,4-5,12-17H2,1-3H3,(H,30,33)(H,31,34);10-15H,6-9,16H2,1-5H3;8-13H,6-7,14H2,1-5H3/b24-10?,27-11-;22-10?,25-11+;20-15+;18-13+. The number of imide groups is 2. The summed E-state index contributed by atoms with van der Waals surface area (Å²) in [6, 6.07) is 40.0. The number of para-hydroxylation sites is 4. The minimum atomic E-state index is -1.08. The van der Waals surface area contributed by atoms with Crippen LogP contribution in [0, 0.1) is 47.3 Å². The number of thioether (sulfide) groups is 1. The van der Waals surface area contributed by atoms with Gasteiger partial charge in [0.1, 0.15) is 28.0 Å². The summed E-state index contributed by atoms with van der Waals surface area (Å²) in [5, 5.41) is 7.83. The van der Waals surface area contributed by atoms with Gasteiger partial charge in [-0.2, -0.15) is 0 Å². The van der Waals surface area contributed by atoms with Gasteiger partial charge in [-0.05, 0) is 247 Å². The number of carbonyl (C=O) groups is 10. The molecule has 21 rings (SSSR count). The highest BCUT2D eigenvalue weighted by Gasteiger charge is 2.65. The summed E-state index contributed by atoms with van der Waals surface area (Å²) in [5.41, 5.74) is 12.3. The number of esters is 3. The number of thiocarbonyl (C=S) groups is 1. The Bertz CT molecular complexity index is 5570. The molecule has 25 heteroatoms. The molecule has 4 saturated heterocycles. The van der Waals surface area contributed by atoms with Crippen LogP contribution in [0.25, 0.3) is 0 Å². The first kappa shape index (κ1) is 92.8. The number of nitrogens with zero attached hydrogens (tertiary/aromatic N) is 8. The van der Waals surface area contributed by atoms with Crippen LogP contribution in [-0.2, 0) is 75.4 Å². The lowest BCUT2D eigenvalue weighted by molar-refractivity contribution is -0.313. The highest BCUT2D eigenvalue weighted by Crippen LogP contribution is 2.62. The highest BCUT2D eigenvalue weighted by atomic mass is 32.2. The number of rotatable bonds is 18. The number of ether oxygens (including phenoxy) is 3. The summed E-state index contributed by atoms with van der Waals surface area (Å²) in [7, 11) is 4.13. The molecule has 16 aliphatic rings. The molecule has 8 saturated carbocycles. The fourth-order valence-electron chi connectivity index (χ4n) is 23.5. The van der Waals surface area contributed by atoms with Crippen molar-refractivity contribution in [3.05, 3.63) is 242 Å². The number of carbonyl (C=O) groups excluding carboxylic acids is 10. The van der Waals surface area contributed by atoms with Crippen molar-refractivity contribution in [3.8, 4) is 0 Å². The molecule has 0 atom stereocenters. The quantitative estimate of drug-likeness (QED) is 0.0358. The maximum atomic E-state index is 13.4. The molecule has 8 aliphatic heterocycles. The van der Waals surface area contributed by atoms with Gasteiger partial charge in [0.05, 0.1) is 23.4 Å². The summed E-state index contributed by atoms with van der Waals surface area (Å²) >= 11 is 6.93. The normalized spacial score (nSPS) is 27.6. The van der Waals surface area contributed by atoms with Gasteiger partial charge in [-0.15, -0.1) is 0 Å². The molecular weight excluding hydrogens is 1690 g/mol. The van der Waals surface area contributed by atoms with Gasteiger partial charge in [0.25, 0.3) is 41.2 Å². The number of likely N-dealkylation sites (N-methyl/N-ethyl adjacent to an activating group) is 4. The Kier molecular flexibility index (Phi) is 26.4. The van der Waals surface area contributed by atoms with E-state index in [4.69, 9.17) is 26.4 Å². The van der Waals surface area contributed by atoms with E-state index in [1.165, 1.54) is 78.0 Å². The van der Waals surface area contributed by atoms with E-state index < -0.39 is 41.2 Å². The van der Waals surface area contributed by atoms with Gasteiger partial charge in [0.2, 0.25) is 0 Å². The van der Waals surface area contributed by atoms with Gasteiger partial charge in [-0.25, -0.2) is 19.2 Å². The lowest BCUT2D eigenvalue weighted by Gasteiger charge is -2.62. The van der Waals surface area contributed by atoms with Crippen LogP contribution in [0.4, 0.5) is 27.5 Å². The van der Waals surface area contributed by atoms with Gasteiger partial charge in [0.15, 0.2) is 5.11 Å². The fraction of sp³-hybridized carbons (Fsp3) is 0.462. The maximum absolute atomic E-state index is 13.4. The number of methoxy groups -OCH3 is 1. The second-order valence-electron chi connectivity index (χ2n) is 39.0. The molecule has 2 spiro atoms. The number of unbranched alkanes of at least 4 members (excludes halogenated alkanes) is 3. The van der Waals surface area contributed by atoms with Crippen LogP contribution in [0.5, 0.6) is 0 Å². The molecule has 8 aliphatic carbocycles. The van der Waals surface area contributed by atoms with E-state index in [0.29, 0.717) is 48.9 Å². The van der Waals surface area contributed by atoms with Gasteiger partial charge in [0, 0.05) is 132 Å². The molecular formula is C106H124N10O13S2. The third kappa shape index (κ3) is 16.9. The summed E-state index contributed by atoms with van der Waals surface area (Å²) in [6.07, 6.45) is 31.7. The first-order chi connectivity index (χ1) is 62.8. The molecule has 5 aromatic rings. The average Bonchev–Trinajstić information content (AvgIpc) is 1.65.